The number of carbonyl (C=O) groups excluding carboxylic acids is 2. The summed E-state index contributed by atoms with van der Waals surface area (Å²) in [5.74, 6) is -0.284. The number of likely N-dealkylation sites (tertiary alicyclic amines) is 1. The second-order valence-electron chi connectivity index (χ2n) is 8.38. The fourth-order valence-corrected chi connectivity index (χ4v) is 4.34. The molecule has 3 aromatic rings. The SMILES string of the molecule is CC(CNC(=O)C1CCCN(C(=O)c2ccoc2)C1)(c1ccccc1)c1ccccc1. The molecule has 1 atom stereocenters. The van der Waals surface area contributed by atoms with Crippen LogP contribution >= 0.6 is 0 Å². The van der Waals surface area contributed by atoms with Gasteiger partial charge in [-0.2, -0.15) is 0 Å². The number of hydrogen-bond acceptors (Lipinski definition) is 3. The highest BCUT2D eigenvalue weighted by atomic mass is 16.3. The molecule has 1 unspecified atom stereocenters. The number of benzene rings is 2. The van der Waals surface area contributed by atoms with Gasteiger partial charge in [0.05, 0.1) is 17.7 Å². The number of piperidine rings is 1. The third kappa shape index (κ3) is 4.55. The molecule has 1 aliphatic heterocycles. The van der Waals surface area contributed by atoms with Gasteiger partial charge in [0.15, 0.2) is 0 Å². The Balaban J connectivity index is 1.46. The maximum atomic E-state index is 13.1. The van der Waals surface area contributed by atoms with E-state index in [-0.39, 0.29) is 23.1 Å². The zero-order valence-electron chi connectivity index (χ0n) is 17.8. The van der Waals surface area contributed by atoms with Crippen LogP contribution in [0.2, 0.25) is 0 Å². The number of carbonyl (C=O) groups is 2. The van der Waals surface area contributed by atoms with Crippen molar-refractivity contribution in [3.8, 4) is 0 Å². The number of amides is 2. The van der Waals surface area contributed by atoms with Crippen molar-refractivity contribution in [3.05, 3.63) is 95.9 Å². The summed E-state index contributed by atoms with van der Waals surface area (Å²) in [6.07, 6.45) is 4.55. The molecule has 4 rings (SSSR count). The minimum Gasteiger partial charge on any atom is -0.472 e. The lowest BCUT2D eigenvalue weighted by molar-refractivity contribution is -0.126. The van der Waals surface area contributed by atoms with Crippen molar-refractivity contribution >= 4 is 11.8 Å². The third-order valence-electron chi connectivity index (χ3n) is 6.29. The molecule has 1 saturated heterocycles. The molecule has 2 aromatic carbocycles. The zero-order valence-corrected chi connectivity index (χ0v) is 17.8. The smallest absolute Gasteiger partial charge is 0.257 e. The molecule has 1 aliphatic rings. The van der Waals surface area contributed by atoms with E-state index in [0.29, 0.717) is 25.2 Å². The number of rotatable bonds is 6. The Labute approximate surface area is 183 Å². The van der Waals surface area contributed by atoms with Gasteiger partial charge in [0.25, 0.3) is 5.91 Å². The van der Waals surface area contributed by atoms with Crippen LogP contribution in [0.3, 0.4) is 0 Å². The quantitative estimate of drug-likeness (QED) is 0.653. The Kier molecular flexibility index (Phi) is 6.21. The van der Waals surface area contributed by atoms with Crippen LogP contribution in [0, 0.1) is 5.92 Å². The summed E-state index contributed by atoms with van der Waals surface area (Å²) < 4.78 is 5.03. The van der Waals surface area contributed by atoms with E-state index < -0.39 is 0 Å². The van der Waals surface area contributed by atoms with Crippen LogP contribution in [0.25, 0.3) is 0 Å². The minimum atomic E-state index is -0.348. The van der Waals surface area contributed by atoms with Gasteiger partial charge in [-0.1, -0.05) is 60.7 Å². The van der Waals surface area contributed by atoms with Crippen LogP contribution in [0.5, 0.6) is 0 Å². The first-order chi connectivity index (χ1) is 15.1. The van der Waals surface area contributed by atoms with E-state index >= 15 is 0 Å². The van der Waals surface area contributed by atoms with Crippen LogP contribution in [-0.2, 0) is 10.2 Å². The molecular formula is C26H28N2O3. The summed E-state index contributed by atoms with van der Waals surface area (Å²) in [4.78, 5) is 27.5. The van der Waals surface area contributed by atoms with Crippen LogP contribution < -0.4 is 5.32 Å². The summed E-state index contributed by atoms with van der Waals surface area (Å²) in [6, 6.07) is 22.2. The van der Waals surface area contributed by atoms with Crippen molar-refractivity contribution in [3.63, 3.8) is 0 Å². The molecule has 2 amide bonds. The van der Waals surface area contributed by atoms with Gasteiger partial charge in [-0.15, -0.1) is 0 Å². The van der Waals surface area contributed by atoms with Crippen LogP contribution in [-0.4, -0.2) is 36.3 Å². The van der Waals surface area contributed by atoms with E-state index in [0.717, 1.165) is 24.0 Å². The molecule has 0 bridgehead atoms. The molecule has 5 heteroatoms. The van der Waals surface area contributed by atoms with Crippen LogP contribution in [0.4, 0.5) is 0 Å². The second kappa shape index (κ2) is 9.21. The molecule has 0 aliphatic carbocycles. The highest BCUT2D eigenvalue weighted by molar-refractivity contribution is 5.94. The van der Waals surface area contributed by atoms with E-state index in [9.17, 15) is 9.59 Å². The lowest BCUT2D eigenvalue weighted by Gasteiger charge is -2.34. The van der Waals surface area contributed by atoms with Crippen molar-refractivity contribution in [2.24, 2.45) is 5.92 Å². The maximum absolute atomic E-state index is 13.1. The molecule has 0 spiro atoms. The predicted molar refractivity (Wildman–Crippen MR) is 120 cm³/mol. The maximum Gasteiger partial charge on any atom is 0.257 e. The Morgan fingerprint density at radius 2 is 1.68 bits per heavy atom. The highest BCUT2D eigenvalue weighted by Gasteiger charge is 2.33. The lowest BCUT2D eigenvalue weighted by Crippen LogP contribution is -2.48. The van der Waals surface area contributed by atoms with Gasteiger partial charge in [-0.25, -0.2) is 0 Å². The number of hydrogen-bond donors (Lipinski definition) is 1. The Bertz CT molecular complexity index is 960. The van der Waals surface area contributed by atoms with Gasteiger partial charge in [0.2, 0.25) is 5.91 Å². The zero-order chi connectivity index (χ0) is 21.7. The number of furan rings is 1. The fraction of sp³-hybridized carbons (Fsp3) is 0.308. The van der Waals surface area contributed by atoms with Crippen molar-refractivity contribution in [2.45, 2.75) is 25.2 Å². The molecular weight excluding hydrogens is 388 g/mol. The van der Waals surface area contributed by atoms with E-state index in [1.165, 1.54) is 12.5 Å². The molecule has 5 nitrogen and oxygen atoms in total. The average Bonchev–Trinajstić information content (AvgIpc) is 3.38. The molecule has 160 valence electrons. The van der Waals surface area contributed by atoms with Crippen LogP contribution in [0.15, 0.2) is 83.7 Å². The Morgan fingerprint density at radius 1 is 1.03 bits per heavy atom. The summed E-state index contributed by atoms with van der Waals surface area (Å²) in [7, 11) is 0. The molecule has 31 heavy (non-hydrogen) atoms. The predicted octanol–water partition coefficient (Wildman–Crippen LogP) is 4.25. The molecule has 0 radical (unpaired) electrons. The molecule has 1 fully saturated rings. The first kappa shape index (κ1) is 20.9. The summed E-state index contributed by atoms with van der Waals surface area (Å²) >= 11 is 0. The molecule has 2 heterocycles. The van der Waals surface area contributed by atoms with Crippen molar-refractivity contribution < 1.29 is 14.0 Å². The summed E-state index contributed by atoms with van der Waals surface area (Å²) in [5, 5.41) is 3.19. The van der Waals surface area contributed by atoms with E-state index in [4.69, 9.17) is 4.42 Å². The Morgan fingerprint density at radius 3 is 2.26 bits per heavy atom. The van der Waals surface area contributed by atoms with Gasteiger partial charge in [0.1, 0.15) is 6.26 Å². The van der Waals surface area contributed by atoms with Gasteiger partial charge in [-0.3, -0.25) is 9.59 Å². The standard InChI is InChI=1S/C26H28N2O3/c1-26(22-10-4-2-5-11-22,23-12-6-3-7-13-23)19-27-24(29)20-9-8-15-28(17-20)25(30)21-14-16-31-18-21/h2-7,10-14,16,18,20H,8-9,15,17,19H2,1H3,(H,27,29). The van der Waals surface area contributed by atoms with Crippen LogP contribution in [0.1, 0.15) is 41.3 Å². The van der Waals surface area contributed by atoms with E-state index in [1.54, 1.807) is 11.0 Å². The monoisotopic (exact) mass is 416 g/mol. The fourth-order valence-electron chi connectivity index (χ4n) is 4.34. The minimum absolute atomic E-state index is 0.00257. The summed E-state index contributed by atoms with van der Waals surface area (Å²) in [6.45, 7) is 3.75. The van der Waals surface area contributed by atoms with Crippen molar-refractivity contribution in [2.75, 3.05) is 19.6 Å². The molecule has 1 N–H and O–H groups in total. The second-order valence-corrected chi connectivity index (χ2v) is 8.38. The van der Waals surface area contributed by atoms with E-state index in [1.807, 2.05) is 36.4 Å². The van der Waals surface area contributed by atoms with E-state index in [2.05, 4.69) is 36.5 Å². The van der Waals surface area contributed by atoms with Gasteiger partial charge in [0, 0.05) is 25.0 Å². The lowest BCUT2D eigenvalue weighted by atomic mass is 9.76. The first-order valence-electron chi connectivity index (χ1n) is 10.8. The number of nitrogens with one attached hydrogen (secondary N) is 1. The normalized spacial score (nSPS) is 16.7. The van der Waals surface area contributed by atoms with Gasteiger partial charge in [-0.05, 0) is 37.0 Å². The molecule has 0 saturated carbocycles. The highest BCUT2D eigenvalue weighted by Crippen LogP contribution is 2.31. The summed E-state index contributed by atoms with van der Waals surface area (Å²) in [5.41, 5.74) is 2.49. The first-order valence-corrected chi connectivity index (χ1v) is 10.8. The van der Waals surface area contributed by atoms with Gasteiger partial charge < -0.3 is 14.6 Å². The van der Waals surface area contributed by atoms with Crippen molar-refractivity contribution in [1.29, 1.82) is 0 Å². The Hall–Kier alpha value is -3.34. The van der Waals surface area contributed by atoms with Crippen molar-refractivity contribution in [1.82, 2.24) is 10.2 Å². The third-order valence-corrected chi connectivity index (χ3v) is 6.29. The average molecular weight is 417 g/mol. The largest absolute Gasteiger partial charge is 0.472 e. The van der Waals surface area contributed by atoms with Gasteiger partial charge >= 0.3 is 0 Å². The topological polar surface area (TPSA) is 62.6 Å². The molecule has 1 aromatic heterocycles. The number of nitrogens with zero attached hydrogens (tertiary/aromatic N) is 1.